The summed E-state index contributed by atoms with van der Waals surface area (Å²) in [6, 6.07) is -6.61. The third-order valence-electron chi connectivity index (χ3n) is 1.38. The summed E-state index contributed by atoms with van der Waals surface area (Å²) in [5.41, 5.74) is -0.950. The Balaban J connectivity index is 2.99. The van der Waals surface area contributed by atoms with Gasteiger partial charge in [0.25, 0.3) is 0 Å². The van der Waals surface area contributed by atoms with Gasteiger partial charge in [-0.15, -0.1) is 0 Å². The summed E-state index contributed by atoms with van der Waals surface area (Å²) >= 11 is 2.84. The quantitative estimate of drug-likeness (QED) is 0.841. The molecule has 0 aliphatic carbocycles. The molecular formula is C11H15BrN2. The molecule has 1 aliphatic rings. The highest BCUT2D eigenvalue weighted by atomic mass is 79.9. The van der Waals surface area contributed by atoms with Gasteiger partial charge in [-0.2, -0.15) is 0 Å². The molecule has 0 amide bonds. The van der Waals surface area contributed by atoms with Crippen molar-refractivity contribution in [2.45, 2.75) is 12.9 Å². The number of hydrogen-bond acceptors (Lipinski definition) is 2. The number of piperazine rings is 1. The summed E-state index contributed by atoms with van der Waals surface area (Å²) in [5.74, 6) is 0. The van der Waals surface area contributed by atoms with E-state index in [4.69, 9.17) is 19.2 Å². The number of nitrogens with zero attached hydrogens (tertiary/aromatic N) is 1. The maximum Gasteiger partial charge on any atom is 0.0657 e. The van der Waals surface area contributed by atoms with Crippen molar-refractivity contribution in [1.82, 2.24) is 5.32 Å². The van der Waals surface area contributed by atoms with Gasteiger partial charge >= 0.3 is 0 Å². The maximum absolute atomic E-state index is 8.24. The van der Waals surface area contributed by atoms with Crippen LogP contribution in [0.3, 0.4) is 0 Å². The highest BCUT2D eigenvalue weighted by molar-refractivity contribution is 9.10. The normalized spacial score (nSPS) is 53.9. The van der Waals surface area contributed by atoms with Crippen LogP contribution in [0.25, 0.3) is 0 Å². The van der Waals surface area contributed by atoms with Gasteiger partial charge in [-0.3, -0.25) is 0 Å². The molecule has 3 heteroatoms. The van der Waals surface area contributed by atoms with E-state index in [-0.39, 0.29) is 4.90 Å². The van der Waals surface area contributed by atoms with Crippen LogP contribution in [0.4, 0.5) is 5.69 Å². The van der Waals surface area contributed by atoms with E-state index >= 15 is 0 Å². The van der Waals surface area contributed by atoms with Gasteiger partial charge in [0.2, 0.25) is 0 Å². The molecule has 14 heavy (non-hydrogen) atoms. The zero-order chi connectivity index (χ0) is 22.2. The van der Waals surface area contributed by atoms with Crippen LogP contribution in [-0.2, 0) is 0 Å². The molecule has 1 fully saturated rings. The fourth-order valence-corrected chi connectivity index (χ4v) is 1.14. The molecule has 1 aliphatic heterocycles. The lowest BCUT2D eigenvalue weighted by Crippen LogP contribution is -2.49. The molecule has 1 aromatic carbocycles. The summed E-state index contributed by atoms with van der Waals surface area (Å²) in [6.07, 6.45) is 0. The zero-order valence-corrected chi connectivity index (χ0v) is 8.41. The van der Waals surface area contributed by atoms with Crippen molar-refractivity contribution in [3.63, 3.8) is 0 Å². The van der Waals surface area contributed by atoms with Gasteiger partial charge in [0.1, 0.15) is 0 Å². The first-order valence-corrected chi connectivity index (χ1v) is 4.40. The van der Waals surface area contributed by atoms with Gasteiger partial charge in [0.05, 0.1) is 11.0 Å². The molecular weight excluding hydrogens is 240 g/mol. The van der Waals surface area contributed by atoms with Crippen LogP contribution >= 0.6 is 15.9 Å². The van der Waals surface area contributed by atoms with Crippen molar-refractivity contribution in [2.75, 3.05) is 24.4 Å². The second-order valence-corrected chi connectivity index (χ2v) is 3.14. The van der Waals surface area contributed by atoms with E-state index in [0.717, 1.165) is 0 Å². The third kappa shape index (κ3) is 2.28. The lowest BCUT2D eigenvalue weighted by molar-refractivity contribution is 0.485. The molecule has 0 radical (unpaired) electrons. The summed E-state index contributed by atoms with van der Waals surface area (Å²) in [6.45, 7) is -13.7. The minimum absolute atomic E-state index is 0.0945. The molecule has 1 N–H and O–H groups in total. The van der Waals surface area contributed by atoms with E-state index in [9.17, 15) is 0 Å². The molecule has 0 bridgehead atoms. The van der Waals surface area contributed by atoms with Crippen LogP contribution in [0.15, 0.2) is 28.6 Å². The molecule has 2 rings (SSSR count). The minimum Gasteiger partial charge on any atom is -0.369 e. The predicted molar refractivity (Wildman–Crippen MR) is 63.8 cm³/mol. The van der Waals surface area contributed by atoms with Crippen molar-refractivity contribution < 1.29 is 19.2 Å². The van der Waals surface area contributed by atoms with E-state index in [2.05, 4.69) is 15.9 Å². The number of nitrogens with one attached hydrogen (secondary N) is 1. The van der Waals surface area contributed by atoms with Crippen molar-refractivity contribution in [3.8, 4) is 0 Å². The Morgan fingerprint density at radius 1 is 1.86 bits per heavy atom. The van der Waals surface area contributed by atoms with Crippen LogP contribution in [-0.4, -0.2) is 25.5 Å². The van der Waals surface area contributed by atoms with Crippen LogP contribution in [0.2, 0.25) is 0 Å². The van der Waals surface area contributed by atoms with Crippen molar-refractivity contribution >= 4 is 21.6 Å². The van der Waals surface area contributed by atoms with E-state index in [1.54, 1.807) is 5.32 Å². The molecule has 2 nitrogen and oxygen atoms in total. The summed E-state index contributed by atoms with van der Waals surface area (Å²) < 4.78 is 110. The van der Waals surface area contributed by atoms with E-state index in [0.29, 0.717) is 0 Å². The topological polar surface area (TPSA) is 15.3 Å². The first kappa shape index (κ1) is 2.58. The number of benzene rings is 1. The second-order valence-electron chi connectivity index (χ2n) is 2.35. The molecule has 1 atom stereocenters. The number of halogens is 1. The highest BCUT2D eigenvalue weighted by Crippen LogP contribution is 2.20. The summed E-state index contributed by atoms with van der Waals surface area (Å²) in [7, 11) is 0. The molecule has 1 unspecified atom stereocenters. The lowest BCUT2D eigenvalue weighted by Gasteiger charge is -2.33. The van der Waals surface area contributed by atoms with Crippen LogP contribution in [0, 0.1) is 0 Å². The molecule has 1 heterocycles. The largest absolute Gasteiger partial charge is 0.369 e. The third-order valence-corrected chi connectivity index (χ3v) is 1.78. The Morgan fingerprint density at radius 3 is 3.64 bits per heavy atom. The van der Waals surface area contributed by atoms with Gasteiger partial charge in [-0.25, -0.2) is 0 Å². The molecule has 1 saturated heterocycles. The van der Waals surface area contributed by atoms with Gasteiger partial charge in [-0.05, 0) is 25.0 Å². The van der Waals surface area contributed by atoms with E-state index < -0.39 is 66.7 Å². The zero-order valence-electron chi connectivity index (χ0n) is 20.8. The predicted octanol–water partition coefficient (Wildman–Crippen LogP) is 2.25. The fraction of sp³-hybridized carbons (Fsp3) is 0.455. The maximum atomic E-state index is 8.24. The van der Waals surface area contributed by atoms with E-state index in [1.807, 2.05) is 0 Å². The molecule has 0 spiro atoms. The standard InChI is InChI=1S/C11H15BrN2/c1-9-8-14(6-5-13-9)11-4-2-3-10(12)7-11/h2-4,7,9,13H,5-6,8H2,1H3/i1D3,2D,3D,4D,5D2,6D2,7D,8D2,9D. The monoisotopic (exact) mass is 268 g/mol. The van der Waals surface area contributed by atoms with Gasteiger partial charge in [-0.1, -0.05) is 22.0 Å². The SMILES string of the molecule is [2H]c1c([2H])c(Br)c([2H])c(N2C([2H])([2H])C([2H])([2H])NC([2H])(C([2H])([2H])[2H])C2([2H])[2H])c1[2H]. The highest BCUT2D eigenvalue weighted by Gasteiger charge is 2.15. The summed E-state index contributed by atoms with van der Waals surface area (Å²) in [5, 5.41) is 1.60. The number of hydrogen-bond donors (Lipinski definition) is 1. The second kappa shape index (κ2) is 4.32. The minimum atomic E-state index is -3.51. The van der Waals surface area contributed by atoms with Crippen molar-refractivity contribution in [2.24, 2.45) is 0 Å². The number of rotatable bonds is 1. The first-order chi connectivity index (χ1) is 12.3. The first-order valence-electron chi connectivity index (χ1n) is 10.6. The fourth-order valence-electron chi connectivity index (χ4n) is 0.849. The van der Waals surface area contributed by atoms with Crippen LogP contribution < -0.4 is 10.2 Å². The molecule has 0 aromatic heterocycles. The molecule has 0 saturated carbocycles. The summed E-state index contributed by atoms with van der Waals surface area (Å²) in [4.78, 5) is -0.0945. The Hall–Kier alpha value is -0.540. The van der Waals surface area contributed by atoms with Gasteiger partial charge in [0, 0.05) is 43.9 Å². The lowest BCUT2D eigenvalue weighted by atomic mass is 10.2. The average molecular weight is 269 g/mol. The van der Waals surface area contributed by atoms with Gasteiger partial charge in [0.15, 0.2) is 0 Å². The Morgan fingerprint density at radius 2 is 2.79 bits per heavy atom. The van der Waals surface area contributed by atoms with Gasteiger partial charge < -0.3 is 10.2 Å². The Bertz CT molecular complexity index is 791. The van der Waals surface area contributed by atoms with Crippen molar-refractivity contribution in [3.05, 3.63) is 28.6 Å². The number of anilines is 1. The Labute approximate surface area is 113 Å². The Kier molecular flexibility index (Phi) is 0.796. The molecule has 1 aromatic rings. The smallest absolute Gasteiger partial charge is 0.0657 e. The molecule has 76 valence electrons. The van der Waals surface area contributed by atoms with E-state index in [1.165, 1.54) is 0 Å². The average Bonchev–Trinajstić information content (AvgIpc) is 2.51. The van der Waals surface area contributed by atoms with Crippen molar-refractivity contribution in [1.29, 1.82) is 0 Å². The van der Waals surface area contributed by atoms with Crippen LogP contribution in [0.1, 0.15) is 26.0 Å². The van der Waals surface area contributed by atoms with Crippen LogP contribution in [0.5, 0.6) is 0 Å².